The first kappa shape index (κ1) is 11.3. The molecule has 0 aliphatic carbocycles. The topological polar surface area (TPSA) is 42.4 Å². The first-order chi connectivity index (χ1) is 6.69. The summed E-state index contributed by atoms with van der Waals surface area (Å²) in [6.07, 6.45) is 2.86. The second kappa shape index (κ2) is 5.17. The van der Waals surface area contributed by atoms with E-state index in [1.807, 2.05) is 6.07 Å². The molecule has 2 N–H and O–H groups in total. The van der Waals surface area contributed by atoms with Gasteiger partial charge in [0.1, 0.15) is 5.76 Å². The van der Waals surface area contributed by atoms with Crippen molar-refractivity contribution in [2.75, 3.05) is 7.05 Å². The summed E-state index contributed by atoms with van der Waals surface area (Å²) < 4.78 is 5.40. The van der Waals surface area contributed by atoms with Crippen molar-refractivity contribution in [1.82, 2.24) is 4.90 Å². The van der Waals surface area contributed by atoms with Crippen molar-refractivity contribution in [2.24, 2.45) is 5.73 Å². The maximum atomic E-state index is 5.60. The van der Waals surface area contributed by atoms with Gasteiger partial charge in [-0.05, 0) is 26.5 Å². The number of hydrogen-bond acceptors (Lipinski definition) is 3. The molecule has 1 aromatic heterocycles. The van der Waals surface area contributed by atoms with Crippen LogP contribution in [0.3, 0.4) is 0 Å². The van der Waals surface area contributed by atoms with Crippen LogP contribution in [0.1, 0.15) is 31.6 Å². The SMILES string of the molecule is CCC(C)N(C)Cc1occc1CN. The minimum absolute atomic E-state index is 0.556. The number of furan rings is 1. The van der Waals surface area contributed by atoms with E-state index >= 15 is 0 Å². The van der Waals surface area contributed by atoms with Gasteiger partial charge in [-0.15, -0.1) is 0 Å². The minimum Gasteiger partial charge on any atom is -0.468 e. The van der Waals surface area contributed by atoms with Crippen LogP contribution < -0.4 is 5.73 Å². The normalized spacial score (nSPS) is 13.5. The van der Waals surface area contributed by atoms with Crippen molar-refractivity contribution in [3.63, 3.8) is 0 Å². The molecule has 1 rings (SSSR count). The van der Waals surface area contributed by atoms with Crippen molar-refractivity contribution < 1.29 is 4.42 Å². The Morgan fingerprint density at radius 1 is 1.57 bits per heavy atom. The monoisotopic (exact) mass is 196 g/mol. The van der Waals surface area contributed by atoms with Gasteiger partial charge in [0.05, 0.1) is 12.8 Å². The maximum absolute atomic E-state index is 5.60. The van der Waals surface area contributed by atoms with Gasteiger partial charge >= 0.3 is 0 Å². The predicted molar refractivity (Wildman–Crippen MR) is 57.8 cm³/mol. The van der Waals surface area contributed by atoms with Gasteiger partial charge in [0, 0.05) is 18.2 Å². The summed E-state index contributed by atoms with van der Waals surface area (Å²) in [6, 6.07) is 2.52. The standard InChI is InChI=1S/C11H20N2O/c1-4-9(2)13(3)8-11-10(7-12)5-6-14-11/h5-6,9H,4,7-8,12H2,1-3H3. The van der Waals surface area contributed by atoms with Gasteiger partial charge in [-0.1, -0.05) is 6.92 Å². The molecular formula is C11H20N2O. The Morgan fingerprint density at radius 2 is 2.29 bits per heavy atom. The molecule has 1 heterocycles. The van der Waals surface area contributed by atoms with Crippen LogP contribution in [-0.2, 0) is 13.1 Å². The molecule has 0 aromatic carbocycles. The van der Waals surface area contributed by atoms with Crippen LogP contribution in [0, 0.1) is 0 Å². The minimum atomic E-state index is 0.556. The van der Waals surface area contributed by atoms with Gasteiger partial charge in [-0.25, -0.2) is 0 Å². The summed E-state index contributed by atoms with van der Waals surface area (Å²) in [7, 11) is 2.11. The molecule has 3 nitrogen and oxygen atoms in total. The molecule has 0 fully saturated rings. The maximum Gasteiger partial charge on any atom is 0.122 e. The van der Waals surface area contributed by atoms with E-state index in [1.54, 1.807) is 6.26 Å². The van der Waals surface area contributed by atoms with E-state index < -0.39 is 0 Å². The molecule has 0 amide bonds. The average molecular weight is 196 g/mol. The number of nitrogens with two attached hydrogens (primary N) is 1. The molecule has 80 valence electrons. The van der Waals surface area contributed by atoms with Crippen LogP contribution in [0.25, 0.3) is 0 Å². The van der Waals surface area contributed by atoms with Crippen molar-refractivity contribution in [1.29, 1.82) is 0 Å². The van der Waals surface area contributed by atoms with Gasteiger partial charge in [-0.2, -0.15) is 0 Å². The zero-order valence-corrected chi connectivity index (χ0v) is 9.29. The van der Waals surface area contributed by atoms with Crippen LogP contribution in [-0.4, -0.2) is 18.0 Å². The molecule has 0 spiro atoms. The molecule has 0 saturated heterocycles. The molecule has 0 radical (unpaired) electrons. The number of nitrogens with zero attached hydrogens (tertiary/aromatic N) is 1. The molecule has 3 heteroatoms. The van der Waals surface area contributed by atoms with E-state index in [4.69, 9.17) is 10.2 Å². The number of hydrogen-bond donors (Lipinski definition) is 1. The van der Waals surface area contributed by atoms with Gasteiger partial charge in [-0.3, -0.25) is 4.90 Å². The van der Waals surface area contributed by atoms with E-state index in [0.29, 0.717) is 12.6 Å². The molecule has 0 aliphatic rings. The fraction of sp³-hybridized carbons (Fsp3) is 0.636. The second-order valence-corrected chi connectivity index (χ2v) is 3.75. The summed E-state index contributed by atoms with van der Waals surface area (Å²) in [4.78, 5) is 2.28. The first-order valence-corrected chi connectivity index (χ1v) is 5.14. The zero-order chi connectivity index (χ0) is 10.6. The van der Waals surface area contributed by atoms with Crippen molar-refractivity contribution in [2.45, 2.75) is 39.4 Å². The van der Waals surface area contributed by atoms with Crippen LogP contribution in [0.4, 0.5) is 0 Å². The predicted octanol–water partition coefficient (Wildman–Crippen LogP) is 1.97. The summed E-state index contributed by atoms with van der Waals surface area (Å²) in [5.74, 6) is 0.996. The summed E-state index contributed by atoms with van der Waals surface area (Å²) in [5.41, 5.74) is 6.71. The lowest BCUT2D eigenvalue weighted by Gasteiger charge is -2.22. The Morgan fingerprint density at radius 3 is 2.86 bits per heavy atom. The van der Waals surface area contributed by atoms with Gasteiger partial charge in [0.25, 0.3) is 0 Å². The third-order valence-electron chi connectivity index (χ3n) is 2.79. The Balaban J connectivity index is 2.59. The average Bonchev–Trinajstić information content (AvgIpc) is 2.63. The quantitative estimate of drug-likeness (QED) is 0.783. The summed E-state index contributed by atoms with van der Waals surface area (Å²) in [5, 5.41) is 0. The van der Waals surface area contributed by atoms with Crippen LogP contribution in [0.2, 0.25) is 0 Å². The van der Waals surface area contributed by atoms with E-state index in [2.05, 4.69) is 25.8 Å². The highest BCUT2D eigenvalue weighted by Gasteiger charge is 2.11. The van der Waals surface area contributed by atoms with Gasteiger partial charge < -0.3 is 10.2 Å². The van der Waals surface area contributed by atoms with E-state index in [0.717, 1.165) is 24.3 Å². The number of rotatable bonds is 5. The summed E-state index contributed by atoms with van der Waals surface area (Å²) in [6.45, 7) is 5.80. The molecule has 1 aromatic rings. The molecule has 0 bridgehead atoms. The molecule has 14 heavy (non-hydrogen) atoms. The second-order valence-electron chi connectivity index (χ2n) is 3.75. The van der Waals surface area contributed by atoms with E-state index in [1.165, 1.54) is 0 Å². The lowest BCUT2D eigenvalue weighted by atomic mass is 10.2. The molecule has 0 saturated carbocycles. The highest BCUT2D eigenvalue weighted by molar-refractivity contribution is 5.16. The zero-order valence-electron chi connectivity index (χ0n) is 9.29. The third-order valence-corrected chi connectivity index (χ3v) is 2.79. The van der Waals surface area contributed by atoms with Crippen LogP contribution >= 0.6 is 0 Å². The lowest BCUT2D eigenvalue weighted by Crippen LogP contribution is -2.28. The fourth-order valence-electron chi connectivity index (χ4n) is 1.38. The first-order valence-electron chi connectivity index (χ1n) is 5.14. The molecule has 0 aliphatic heterocycles. The Bertz CT molecular complexity index is 270. The smallest absolute Gasteiger partial charge is 0.122 e. The van der Waals surface area contributed by atoms with Crippen molar-refractivity contribution in [3.05, 3.63) is 23.7 Å². The fourth-order valence-corrected chi connectivity index (χ4v) is 1.38. The molecule has 1 unspecified atom stereocenters. The Hall–Kier alpha value is -0.800. The third kappa shape index (κ3) is 2.59. The lowest BCUT2D eigenvalue weighted by molar-refractivity contribution is 0.224. The Kier molecular flexibility index (Phi) is 4.17. The summed E-state index contributed by atoms with van der Waals surface area (Å²) >= 11 is 0. The largest absolute Gasteiger partial charge is 0.468 e. The van der Waals surface area contributed by atoms with E-state index in [9.17, 15) is 0 Å². The highest BCUT2D eigenvalue weighted by Crippen LogP contribution is 2.13. The van der Waals surface area contributed by atoms with Crippen LogP contribution in [0.5, 0.6) is 0 Å². The highest BCUT2D eigenvalue weighted by atomic mass is 16.3. The van der Waals surface area contributed by atoms with Gasteiger partial charge in [0.2, 0.25) is 0 Å². The molecular weight excluding hydrogens is 176 g/mol. The van der Waals surface area contributed by atoms with Crippen molar-refractivity contribution >= 4 is 0 Å². The van der Waals surface area contributed by atoms with Gasteiger partial charge in [0.15, 0.2) is 0 Å². The van der Waals surface area contributed by atoms with E-state index in [-0.39, 0.29) is 0 Å². The Labute approximate surface area is 85.9 Å². The van der Waals surface area contributed by atoms with Crippen LogP contribution in [0.15, 0.2) is 16.7 Å². The van der Waals surface area contributed by atoms with Crippen molar-refractivity contribution in [3.8, 4) is 0 Å². The molecule has 1 atom stereocenters.